The molecule has 5 N–H and O–H groups in total. The van der Waals surface area contributed by atoms with E-state index in [0.717, 1.165) is 80.3 Å². The van der Waals surface area contributed by atoms with Crippen LogP contribution >= 0.6 is 0 Å². The largest absolute Gasteiger partial charge is 0.342 e. The van der Waals surface area contributed by atoms with Gasteiger partial charge >= 0.3 is 0 Å². The molecular weight excluding hydrogens is 416 g/mol. The van der Waals surface area contributed by atoms with Gasteiger partial charge in [-0.15, -0.1) is 0 Å². The van der Waals surface area contributed by atoms with Gasteiger partial charge in [0.05, 0.1) is 6.04 Å². The summed E-state index contributed by atoms with van der Waals surface area (Å²) in [7, 11) is 0. The van der Waals surface area contributed by atoms with Gasteiger partial charge < -0.3 is 26.6 Å². The quantitative estimate of drug-likeness (QED) is 0.471. The van der Waals surface area contributed by atoms with Crippen LogP contribution in [0.25, 0.3) is 0 Å². The zero-order valence-electron chi connectivity index (χ0n) is 18.8. The maximum Gasteiger partial charge on any atom is 0.227 e. The lowest BCUT2D eigenvalue weighted by atomic mass is 9.96. The first kappa shape index (κ1) is 21.9. The lowest BCUT2D eigenvalue weighted by Gasteiger charge is -2.24. The van der Waals surface area contributed by atoms with Crippen LogP contribution in [0.15, 0.2) is 52.8 Å². The molecule has 1 aliphatic carbocycles. The SMILES string of the molecule is O=C(NC1=CC=C2NC(c3ccc(NC(=O)C4CCNCC4)cc3)=NC2C1)C1CCNCC1. The summed E-state index contributed by atoms with van der Waals surface area (Å²) in [5, 5.41) is 16.2. The average molecular weight is 449 g/mol. The topological polar surface area (TPSA) is 107 Å². The van der Waals surface area contributed by atoms with Gasteiger partial charge in [-0.25, -0.2) is 0 Å². The third-order valence-corrected chi connectivity index (χ3v) is 6.91. The second-order valence-electron chi connectivity index (χ2n) is 9.24. The second kappa shape index (κ2) is 9.89. The van der Waals surface area contributed by atoms with E-state index in [2.05, 4.69) is 26.6 Å². The van der Waals surface area contributed by atoms with E-state index in [1.807, 2.05) is 36.4 Å². The van der Waals surface area contributed by atoms with Crippen LogP contribution in [-0.4, -0.2) is 49.9 Å². The van der Waals surface area contributed by atoms with E-state index in [9.17, 15) is 9.59 Å². The highest BCUT2D eigenvalue weighted by atomic mass is 16.2. The molecule has 0 spiro atoms. The fourth-order valence-corrected chi connectivity index (χ4v) is 4.88. The monoisotopic (exact) mass is 448 g/mol. The number of fused-ring (bicyclic) bond motifs is 1. The van der Waals surface area contributed by atoms with Crippen LogP contribution in [0.2, 0.25) is 0 Å². The molecule has 2 amide bonds. The summed E-state index contributed by atoms with van der Waals surface area (Å²) in [5.41, 5.74) is 3.76. The number of benzene rings is 1. The highest BCUT2D eigenvalue weighted by Gasteiger charge is 2.29. The van der Waals surface area contributed by atoms with Crippen molar-refractivity contribution in [2.75, 3.05) is 31.5 Å². The minimum absolute atomic E-state index is 0.00684. The number of piperidine rings is 2. The Morgan fingerprint density at radius 1 is 0.818 bits per heavy atom. The third-order valence-electron chi connectivity index (χ3n) is 6.91. The highest BCUT2D eigenvalue weighted by molar-refractivity contribution is 6.02. The molecule has 1 aromatic carbocycles. The second-order valence-corrected chi connectivity index (χ2v) is 9.24. The lowest BCUT2D eigenvalue weighted by Crippen LogP contribution is -2.38. The van der Waals surface area contributed by atoms with Gasteiger partial charge in [0, 0.05) is 40.9 Å². The molecular formula is C25H32N6O2. The Labute approximate surface area is 194 Å². The number of nitrogens with one attached hydrogen (secondary N) is 5. The van der Waals surface area contributed by atoms with Gasteiger partial charge in [-0.1, -0.05) is 0 Å². The summed E-state index contributed by atoms with van der Waals surface area (Å²) in [6, 6.07) is 7.81. The number of amidine groups is 1. The molecule has 2 saturated heterocycles. The number of hydrogen-bond acceptors (Lipinski definition) is 6. The van der Waals surface area contributed by atoms with Crippen molar-refractivity contribution in [3.8, 4) is 0 Å². The Hall–Kier alpha value is -2.97. The van der Waals surface area contributed by atoms with Crippen molar-refractivity contribution in [2.45, 2.75) is 38.1 Å². The summed E-state index contributed by atoms with van der Waals surface area (Å²) in [6.07, 6.45) is 8.23. The average Bonchev–Trinajstić information content (AvgIpc) is 3.29. The van der Waals surface area contributed by atoms with Gasteiger partial charge in [0.25, 0.3) is 0 Å². The first-order valence-electron chi connectivity index (χ1n) is 12.0. The maximum atomic E-state index is 12.6. The molecule has 3 heterocycles. The van der Waals surface area contributed by atoms with Gasteiger partial charge in [0.1, 0.15) is 5.84 Å². The number of aliphatic imine (C=N–C) groups is 1. The van der Waals surface area contributed by atoms with Gasteiger partial charge in [0.15, 0.2) is 0 Å². The van der Waals surface area contributed by atoms with Crippen LogP contribution in [0.5, 0.6) is 0 Å². The molecule has 5 rings (SSSR count). The molecule has 0 bridgehead atoms. The fourth-order valence-electron chi connectivity index (χ4n) is 4.88. The zero-order valence-corrected chi connectivity index (χ0v) is 18.8. The van der Waals surface area contributed by atoms with Crippen LogP contribution in [0, 0.1) is 11.8 Å². The number of carbonyl (C=O) groups is 2. The lowest BCUT2D eigenvalue weighted by molar-refractivity contribution is -0.125. The molecule has 33 heavy (non-hydrogen) atoms. The number of carbonyl (C=O) groups excluding carboxylic acids is 2. The van der Waals surface area contributed by atoms with E-state index in [1.54, 1.807) is 0 Å². The van der Waals surface area contributed by atoms with Gasteiger partial charge in [-0.2, -0.15) is 0 Å². The molecule has 4 aliphatic rings. The molecule has 1 atom stereocenters. The van der Waals surface area contributed by atoms with E-state index >= 15 is 0 Å². The number of nitrogens with zero attached hydrogens (tertiary/aromatic N) is 1. The van der Waals surface area contributed by atoms with Crippen molar-refractivity contribution in [1.29, 1.82) is 0 Å². The third kappa shape index (κ3) is 5.17. The number of allylic oxidation sites excluding steroid dienone is 2. The summed E-state index contributed by atoms with van der Waals surface area (Å²) < 4.78 is 0. The summed E-state index contributed by atoms with van der Waals surface area (Å²) in [5.74, 6) is 1.21. The van der Waals surface area contributed by atoms with E-state index in [4.69, 9.17) is 4.99 Å². The summed E-state index contributed by atoms with van der Waals surface area (Å²) >= 11 is 0. The van der Waals surface area contributed by atoms with Crippen molar-refractivity contribution < 1.29 is 9.59 Å². The molecule has 0 aromatic heterocycles. The predicted octanol–water partition coefficient (Wildman–Crippen LogP) is 1.63. The summed E-state index contributed by atoms with van der Waals surface area (Å²) in [4.78, 5) is 29.9. The molecule has 8 heteroatoms. The Kier molecular flexibility index (Phi) is 6.55. The van der Waals surface area contributed by atoms with Crippen molar-refractivity contribution in [3.63, 3.8) is 0 Å². The molecule has 3 aliphatic heterocycles. The molecule has 8 nitrogen and oxygen atoms in total. The molecule has 1 aromatic rings. The van der Waals surface area contributed by atoms with Crippen molar-refractivity contribution in [2.24, 2.45) is 16.8 Å². The Balaban J connectivity index is 1.17. The van der Waals surface area contributed by atoms with Crippen LogP contribution < -0.4 is 26.6 Å². The standard InChI is InChI=1S/C25H32N6O2/c32-24(17-7-11-26-12-8-17)28-19-3-1-16(2-4-19)23-30-21-6-5-20(15-22(21)31-23)29-25(33)18-9-13-27-14-10-18/h1-6,17-18,22,26-27H,7-15H2,(H,28,32)(H,29,33)(H,30,31). The number of amides is 2. The fraction of sp³-hybridized carbons (Fsp3) is 0.480. The van der Waals surface area contributed by atoms with Crippen molar-refractivity contribution in [3.05, 3.63) is 53.4 Å². The van der Waals surface area contributed by atoms with Crippen molar-refractivity contribution >= 4 is 23.3 Å². The van der Waals surface area contributed by atoms with Crippen LogP contribution in [-0.2, 0) is 9.59 Å². The predicted molar refractivity (Wildman–Crippen MR) is 129 cm³/mol. The van der Waals surface area contributed by atoms with Crippen LogP contribution in [0.1, 0.15) is 37.7 Å². The minimum Gasteiger partial charge on any atom is -0.342 e. The first-order valence-corrected chi connectivity index (χ1v) is 12.0. The number of hydrogen-bond donors (Lipinski definition) is 5. The number of anilines is 1. The molecule has 2 fully saturated rings. The zero-order chi connectivity index (χ0) is 22.6. The Morgan fingerprint density at radius 3 is 2.06 bits per heavy atom. The van der Waals surface area contributed by atoms with Gasteiger partial charge in [-0.3, -0.25) is 14.6 Å². The van der Waals surface area contributed by atoms with Crippen molar-refractivity contribution in [1.82, 2.24) is 21.3 Å². The number of rotatable bonds is 5. The van der Waals surface area contributed by atoms with E-state index in [0.29, 0.717) is 6.42 Å². The highest BCUT2D eigenvalue weighted by Crippen LogP contribution is 2.26. The van der Waals surface area contributed by atoms with E-state index in [1.165, 1.54) is 0 Å². The van der Waals surface area contributed by atoms with E-state index in [-0.39, 0.29) is 29.7 Å². The van der Waals surface area contributed by atoms with E-state index < -0.39 is 0 Å². The van der Waals surface area contributed by atoms with Crippen LogP contribution in [0.4, 0.5) is 5.69 Å². The Morgan fingerprint density at radius 2 is 1.42 bits per heavy atom. The summed E-state index contributed by atoms with van der Waals surface area (Å²) in [6.45, 7) is 3.61. The minimum atomic E-state index is -0.00684. The Bertz CT molecular complexity index is 985. The smallest absolute Gasteiger partial charge is 0.227 e. The van der Waals surface area contributed by atoms with Gasteiger partial charge in [-0.05, 0) is 88.3 Å². The molecule has 174 valence electrons. The maximum absolute atomic E-state index is 12.6. The molecule has 0 radical (unpaired) electrons. The molecule has 1 unspecified atom stereocenters. The normalized spacial score (nSPS) is 23.5. The first-order chi connectivity index (χ1) is 16.2. The molecule has 0 saturated carbocycles. The van der Waals surface area contributed by atoms with Crippen LogP contribution in [0.3, 0.4) is 0 Å². The van der Waals surface area contributed by atoms with Gasteiger partial charge in [0.2, 0.25) is 11.8 Å².